The number of hydrogen-bond acceptors (Lipinski definition) is 4. The maximum Gasteiger partial charge on any atom is 0.243 e. The highest BCUT2D eigenvalue weighted by atomic mass is 32.2. The van der Waals surface area contributed by atoms with Crippen LogP contribution in [0.15, 0.2) is 29.2 Å². The van der Waals surface area contributed by atoms with E-state index in [1.165, 1.54) is 4.31 Å². The number of rotatable bonds is 6. The van der Waals surface area contributed by atoms with Gasteiger partial charge in [-0.25, -0.2) is 8.42 Å². The molecule has 21 heavy (non-hydrogen) atoms. The van der Waals surface area contributed by atoms with Gasteiger partial charge >= 0.3 is 0 Å². The fourth-order valence-electron chi connectivity index (χ4n) is 2.35. The molecular weight excluding hydrogens is 288 g/mol. The van der Waals surface area contributed by atoms with Crippen molar-refractivity contribution in [3.05, 3.63) is 29.8 Å². The molecule has 0 saturated carbocycles. The van der Waals surface area contributed by atoms with E-state index in [2.05, 4.69) is 12.2 Å². The van der Waals surface area contributed by atoms with Gasteiger partial charge in [-0.05, 0) is 43.6 Å². The van der Waals surface area contributed by atoms with Crippen molar-refractivity contribution in [3.63, 3.8) is 0 Å². The molecule has 1 heterocycles. The number of nitrogens with zero attached hydrogens (tertiary/aromatic N) is 1. The summed E-state index contributed by atoms with van der Waals surface area (Å²) < 4.78 is 32.0. The van der Waals surface area contributed by atoms with Gasteiger partial charge in [-0.1, -0.05) is 19.1 Å². The van der Waals surface area contributed by atoms with Gasteiger partial charge in [0.15, 0.2) is 0 Å². The minimum atomic E-state index is -3.39. The Kier molecular flexibility index (Phi) is 6.17. The summed E-state index contributed by atoms with van der Waals surface area (Å²) in [6, 6.07) is 7.22. The van der Waals surface area contributed by atoms with E-state index in [1.54, 1.807) is 12.1 Å². The van der Waals surface area contributed by atoms with E-state index < -0.39 is 10.0 Å². The average molecular weight is 312 g/mol. The number of ether oxygens (including phenoxy) is 1. The Morgan fingerprint density at radius 3 is 2.67 bits per heavy atom. The van der Waals surface area contributed by atoms with Crippen LogP contribution >= 0.6 is 0 Å². The predicted molar refractivity (Wildman–Crippen MR) is 82.9 cm³/mol. The Labute approximate surface area is 127 Å². The second-order valence-corrected chi connectivity index (χ2v) is 7.06. The molecule has 1 N–H and O–H groups in total. The second-order valence-electron chi connectivity index (χ2n) is 5.12. The smallest absolute Gasteiger partial charge is 0.243 e. The van der Waals surface area contributed by atoms with Crippen LogP contribution in [0.5, 0.6) is 0 Å². The third-order valence-corrected chi connectivity index (χ3v) is 5.50. The molecule has 0 amide bonds. The fraction of sp³-hybridized carbons (Fsp3) is 0.600. The zero-order valence-electron chi connectivity index (χ0n) is 12.5. The Hall–Kier alpha value is -0.950. The van der Waals surface area contributed by atoms with Gasteiger partial charge in [-0.2, -0.15) is 4.31 Å². The van der Waals surface area contributed by atoms with E-state index >= 15 is 0 Å². The molecule has 0 radical (unpaired) electrons. The van der Waals surface area contributed by atoms with E-state index in [0.29, 0.717) is 31.2 Å². The molecule has 1 fully saturated rings. The largest absolute Gasteiger partial charge is 0.380 e. The first-order chi connectivity index (χ1) is 10.1. The van der Waals surface area contributed by atoms with Crippen molar-refractivity contribution < 1.29 is 13.2 Å². The van der Waals surface area contributed by atoms with Crippen LogP contribution in [0.1, 0.15) is 18.9 Å². The highest BCUT2D eigenvalue weighted by Gasteiger charge is 2.25. The topological polar surface area (TPSA) is 58.6 Å². The lowest BCUT2D eigenvalue weighted by molar-refractivity contribution is 0.148. The summed E-state index contributed by atoms with van der Waals surface area (Å²) in [6.07, 6.45) is 1.66. The van der Waals surface area contributed by atoms with Gasteiger partial charge in [0, 0.05) is 19.7 Å². The Morgan fingerprint density at radius 1 is 1.19 bits per heavy atom. The highest BCUT2D eigenvalue weighted by molar-refractivity contribution is 7.89. The number of sulfonamides is 1. The molecule has 0 aromatic heterocycles. The monoisotopic (exact) mass is 312 g/mol. The summed E-state index contributed by atoms with van der Waals surface area (Å²) in [5.41, 5.74) is 1.15. The molecule has 0 bridgehead atoms. The molecule has 1 aliphatic rings. The van der Waals surface area contributed by atoms with Gasteiger partial charge in [0.1, 0.15) is 0 Å². The van der Waals surface area contributed by atoms with E-state index in [-0.39, 0.29) is 0 Å². The molecule has 118 valence electrons. The second kappa shape index (κ2) is 7.89. The summed E-state index contributed by atoms with van der Waals surface area (Å²) in [5.74, 6) is 0. The molecule has 1 aromatic rings. The van der Waals surface area contributed by atoms with Crippen LogP contribution in [0.25, 0.3) is 0 Å². The van der Waals surface area contributed by atoms with Gasteiger partial charge in [-0.3, -0.25) is 0 Å². The van der Waals surface area contributed by atoms with Crippen LogP contribution in [0.4, 0.5) is 0 Å². The van der Waals surface area contributed by atoms with Gasteiger partial charge < -0.3 is 10.1 Å². The molecule has 1 saturated heterocycles. The molecule has 1 aliphatic heterocycles. The van der Waals surface area contributed by atoms with E-state index in [1.807, 2.05) is 12.1 Å². The van der Waals surface area contributed by atoms with Crippen LogP contribution < -0.4 is 5.32 Å². The first-order valence-corrected chi connectivity index (χ1v) is 8.96. The third-order valence-electron chi connectivity index (χ3n) is 3.58. The van der Waals surface area contributed by atoms with Crippen LogP contribution in [-0.2, 0) is 21.2 Å². The minimum Gasteiger partial charge on any atom is -0.380 e. The molecular formula is C15H24N2O3S. The van der Waals surface area contributed by atoms with Crippen molar-refractivity contribution in [1.29, 1.82) is 0 Å². The van der Waals surface area contributed by atoms with Crippen molar-refractivity contribution in [2.75, 3.05) is 39.4 Å². The lowest BCUT2D eigenvalue weighted by atomic mass is 10.1. The molecule has 2 rings (SSSR count). The summed E-state index contributed by atoms with van der Waals surface area (Å²) in [5, 5.41) is 3.26. The van der Waals surface area contributed by atoms with Gasteiger partial charge in [0.05, 0.1) is 11.5 Å². The first kappa shape index (κ1) is 16.4. The normalized spacial score (nSPS) is 17.6. The van der Waals surface area contributed by atoms with Crippen LogP contribution in [0, 0.1) is 0 Å². The highest BCUT2D eigenvalue weighted by Crippen LogP contribution is 2.18. The Morgan fingerprint density at radius 2 is 1.95 bits per heavy atom. The lowest BCUT2D eigenvalue weighted by Crippen LogP contribution is -2.33. The number of likely N-dealkylation sites (N-methyl/N-ethyl adjacent to an activating group) is 1. The van der Waals surface area contributed by atoms with Crippen molar-refractivity contribution in [2.45, 2.75) is 24.7 Å². The maximum absolute atomic E-state index is 12.6. The zero-order valence-corrected chi connectivity index (χ0v) is 13.4. The van der Waals surface area contributed by atoms with Gasteiger partial charge in [0.2, 0.25) is 10.0 Å². The van der Waals surface area contributed by atoms with Crippen molar-refractivity contribution in [1.82, 2.24) is 9.62 Å². The fourth-order valence-corrected chi connectivity index (χ4v) is 3.81. The number of benzene rings is 1. The van der Waals surface area contributed by atoms with E-state index in [0.717, 1.165) is 31.5 Å². The quantitative estimate of drug-likeness (QED) is 0.803. The summed E-state index contributed by atoms with van der Waals surface area (Å²) in [6.45, 7) is 6.00. The van der Waals surface area contributed by atoms with E-state index in [4.69, 9.17) is 4.74 Å². The average Bonchev–Trinajstić information content (AvgIpc) is 2.78. The number of nitrogens with one attached hydrogen (secondary N) is 1. The Balaban J connectivity index is 2.05. The minimum absolute atomic E-state index is 0.372. The molecule has 6 heteroatoms. The van der Waals surface area contributed by atoms with Crippen LogP contribution in [0.3, 0.4) is 0 Å². The summed E-state index contributed by atoms with van der Waals surface area (Å²) in [7, 11) is -3.39. The molecule has 0 aliphatic carbocycles. The van der Waals surface area contributed by atoms with Gasteiger partial charge in [-0.15, -0.1) is 0 Å². The molecule has 1 aromatic carbocycles. The first-order valence-electron chi connectivity index (χ1n) is 7.52. The molecule has 0 spiro atoms. The predicted octanol–water partition coefficient (Wildman–Crippen LogP) is 1.25. The van der Waals surface area contributed by atoms with Crippen LogP contribution in [0.2, 0.25) is 0 Å². The maximum atomic E-state index is 12.6. The molecule has 0 atom stereocenters. The Bertz CT molecular complexity index is 520. The summed E-state index contributed by atoms with van der Waals surface area (Å²) in [4.78, 5) is 0.372. The molecule has 5 nitrogen and oxygen atoms in total. The van der Waals surface area contributed by atoms with Crippen molar-refractivity contribution >= 4 is 10.0 Å². The van der Waals surface area contributed by atoms with E-state index in [9.17, 15) is 8.42 Å². The molecule has 0 unspecified atom stereocenters. The SMILES string of the molecule is CCNCCc1ccc(S(=O)(=O)N2CCCOCC2)cc1. The standard InChI is InChI=1S/C15H24N2O3S/c1-2-16-9-8-14-4-6-15(7-5-14)21(18,19)17-10-3-12-20-13-11-17/h4-7,16H,2-3,8-13H2,1H3. The summed E-state index contributed by atoms with van der Waals surface area (Å²) >= 11 is 0. The number of hydrogen-bond donors (Lipinski definition) is 1. The zero-order chi connectivity index (χ0) is 15.1. The van der Waals surface area contributed by atoms with Crippen molar-refractivity contribution in [3.8, 4) is 0 Å². The van der Waals surface area contributed by atoms with Crippen molar-refractivity contribution in [2.24, 2.45) is 0 Å². The third kappa shape index (κ3) is 4.51. The lowest BCUT2D eigenvalue weighted by Gasteiger charge is -2.19. The van der Waals surface area contributed by atoms with Gasteiger partial charge in [0.25, 0.3) is 0 Å². The van der Waals surface area contributed by atoms with Crippen LogP contribution in [-0.4, -0.2) is 52.1 Å².